The first kappa shape index (κ1) is 21.7. The number of methoxy groups -OCH3 is 1. The number of hydrogen-bond acceptors (Lipinski definition) is 5. The second-order valence-corrected chi connectivity index (χ2v) is 8.44. The first-order valence-corrected chi connectivity index (χ1v) is 10.3. The van der Waals surface area contributed by atoms with Gasteiger partial charge in [-0.3, -0.25) is 5.10 Å². The number of H-pyrrole nitrogens is 1. The average Bonchev–Trinajstić information content (AvgIpc) is 3.16. The molecular formula is C24H25F2N5O. The highest BCUT2D eigenvalue weighted by Crippen LogP contribution is 2.35. The Hall–Kier alpha value is -3.52. The highest BCUT2D eigenvalue weighted by Gasteiger charge is 2.16. The minimum Gasteiger partial charge on any atom is -0.496 e. The van der Waals surface area contributed by atoms with E-state index in [4.69, 9.17) is 10.5 Å². The summed E-state index contributed by atoms with van der Waals surface area (Å²) in [4.78, 5) is 4.46. The molecule has 0 radical (unpaired) electrons. The van der Waals surface area contributed by atoms with Gasteiger partial charge in [-0.2, -0.15) is 5.10 Å². The van der Waals surface area contributed by atoms with Gasteiger partial charge < -0.3 is 15.8 Å². The molecule has 0 spiro atoms. The standard InChI is InChI=1S/C24H25F2N5O/c1-24(2,27)11-10-14-4-8-20(32-3)17(12-14)22-16-6-9-21(29-23(16)31-30-22)28-19-7-5-15(25)13-18(19)26/h4-9,12-13H,10-11,27H2,1-3H3,(H2,28,29,30,31). The monoisotopic (exact) mass is 437 g/mol. The fourth-order valence-corrected chi connectivity index (χ4v) is 3.47. The zero-order valence-electron chi connectivity index (χ0n) is 18.2. The van der Waals surface area contributed by atoms with Crippen molar-refractivity contribution in [2.75, 3.05) is 12.4 Å². The van der Waals surface area contributed by atoms with Crippen LogP contribution in [0.25, 0.3) is 22.3 Å². The van der Waals surface area contributed by atoms with Crippen LogP contribution in [0.1, 0.15) is 25.8 Å². The Morgan fingerprint density at radius 2 is 1.91 bits per heavy atom. The maximum atomic E-state index is 14.0. The number of aromatic nitrogens is 3. The summed E-state index contributed by atoms with van der Waals surface area (Å²) in [6.07, 6.45) is 1.68. The Morgan fingerprint density at radius 3 is 2.62 bits per heavy atom. The van der Waals surface area contributed by atoms with E-state index in [1.54, 1.807) is 13.2 Å². The summed E-state index contributed by atoms with van der Waals surface area (Å²) in [6, 6.07) is 12.9. The molecule has 6 nitrogen and oxygen atoms in total. The maximum absolute atomic E-state index is 14.0. The molecular weight excluding hydrogens is 412 g/mol. The Balaban J connectivity index is 1.66. The summed E-state index contributed by atoms with van der Waals surface area (Å²) < 4.78 is 32.7. The predicted octanol–water partition coefficient (Wildman–Crippen LogP) is 5.33. The number of pyridine rings is 1. The second kappa shape index (κ2) is 8.55. The smallest absolute Gasteiger partial charge is 0.183 e. The lowest BCUT2D eigenvalue weighted by atomic mass is 9.95. The predicted molar refractivity (Wildman–Crippen MR) is 122 cm³/mol. The van der Waals surface area contributed by atoms with E-state index in [1.807, 2.05) is 32.0 Å². The minimum absolute atomic E-state index is 0.131. The van der Waals surface area contributed by atoms with Crippen LogP contribution >= 0.6 is 0 Å². The zero-order chi connectivity index (χ0) is 22.9. The summed E-state index contributed by atoms with van der Waals surface area (Å²) in [5.41, 5.74) is 9.26. The highest BCUT2D eigenvalue weighted by molar-refractivity contribution is 5.93. The average molecular weight is 437 g/mol. The normalized spacial score (nSPS) is 11.7. The van der Waals surface area contributed by atoms with E-state index >= 15 is 0 Å². The molecule has 0 amide bonds. The number of anilines is 2. The van der Waals surface area contributed by atoms with Crippen molar-refractivity contribution in [1.82, 2.24) is 15.2 Å². The molecule has 0 aliphatic carbocycles. The van der Waals surface area contributed by atoms with Crippen molar-refractivity contribution >= 4 is 22.5 Å². The lowest BCUT2D eigenvalue weighted by Gasteiger charge is -2.18. The van der Waals surface area contributed by atoms with E-state index in [1.165, 1.54) is 12.1 Å². The van der Waals surface area contributed by atoms with Gasteiger partial charge in [0, 0.05) is 22.6 Å². The van der Waals surface area contributed by atoms with E-state index in [9.17, 15) is 8.78 Å². The van der Waals surface area contributed by atoms with Crippen LogP contribution in [0.5, 0.6) is 5.75 Å². The molecule has 166 valence electrons. The van der Waals surface area contributed by atoms with Crippen molar-refractivity contribution in [3.05, 3.63) is 65.7 Å². The SMILES string of the molecule is COc1ccc(CCC(C)(C)N)cc1-c1[nH]nc2nc(Nc3ccc(F)cc3F)ccc12. The number of rotatable bonds is 7. The second-order valence-electron chi connectivity index (χ2n) is 8.44. The number of nitrogens with one attached hydrogen (secondary N) is 2. The molecule has 8 heteroatoms. The molecule has 0 saturated heterocycles. The number of aryl methyl sites for hydroxylation is 1. The lowest BCUT2D eigenvalue weighted by Crippen LogP contribution is -2.32. The van der Waals surface area contributed by atoms with Gasteiger partial charge in [0.25, 0.3) is 0 Å². The van der Waals surface area contributed by atoms with E-state index in [2.05, 4.69) is 26.6 Å². The van der Waals surface area contributed by atoms with Crippen molar-refractivity contribution < 1.29 is 13.5 Å². The van der Waals surface area contributed by atoms with Crippen LogP contribution < -0.4 is 15.8 Å². The Morgan fingerprint density at radius 1 is 1.09 bits per heavy atom. The Kier molecular flexibility index (Phi) is 5.80. The molecule has 4 aromatic rings. The fraction of sp³-hybridized carbons (Fsp3) is 0.250. The van der Waals surface area contributed by atoms with Gasteiger partial charge in [0.1, 0.15) is 23.2 Å². The largest absolute Gasteiger partial charge is 0.496 e. The number of ether oxygens (including phenoxy) is 1. The van der Waals surface area contributed by atoms with Crippen molar-refractivity contribution in [3.63, 3.8) is 0 Å². The molecule has 4 N–H and O–H groups in total. The molecule has 0 atom stereocenters. The Bertz CT molecular complexity index is 1260. The van der Waals surface area contributed by atoms with Gasteiger partial charge >= 0.3 is 0 Å². The molecule has 2 heterocycles. The molecule has 0 saturated carbocycles. The van der Waals surface area contributed by atoms with Crippen LogP contribution in [0.15, 0.2) is 48.5 Å². The van der Waals surface area contributed by atoms with Crippen LogP contribution in [0.2, 0.25) is 0 Å². The third-order valence-electron chi connectivity index (χ3n) is 5.20. The summed E-state index contributed by atoms with van der Waals surface area (Å²) >= 11 is 0. The van der Waals surface area contributed by atoms with E-state index in [-0.39, 0.29) is 11.2 Å². The number of aromatic amines is 1. The number of halogens is 2. The van der Waals surface area contributed by atoms with Crippen molar-refractivity contribution in [1.29, 1.82) is 0 Å². The first-order chi connectivity index (χ1) is 15.2. The summed E-state index contributed by atoms with van der Waals surface area (Å²) in [5, 5.41) is 11.0. The summed E-state index contributed by atoms with van der Waals surface area (Å²) in [6.45, 7) is 4.02. The van der Waals surface area contributed by atoms with Crippen LogP contribution in [-0.2, 0) is 6.42 Å². The van der Waals surface area contributed by atoms with Gasteiger partial charge in [-0.05, 0) is 68.7 Å². The maximum Gasteiger partial charge on any atom is 0.183 e. The van der Waals surface area contributed by atoms with Crippen molar-refractivity contribution in [2.24, 2.45) is 5.73 Å². The van der Waals surface area contributed by atoms with Crippen LogP contribution in [-0.4, -0.2) is 27.8 Å². The number of nitrogens with zero attached hydrogens (tertiary/aromatic N) is 2. The molecule has 2 aromatic heterocycles. The fourth-order valence-electron chi connectivity index (χ4n) is 3.47. The third kappa shape index (κ3) is 4.70. The van der Waals surface area contributed by atoms with Gasteiger partial charge in [0.15, 0.2) is 5.65 Å². The van der Waals surface area contributed by atoms with Gasteiger partial charge in [-0.25, -0.2) is 13.8 Å². The van der Waals surface area contributed by atoms with Crippen molar-refractivity contribution in [2.45, 2.75) is 32.2 Å². The highest BCUT2D eigenvalue weighted by atomic mass is 19.1. The van der Waals surface area contributed by atoms with E-state index in [0.29, 0.717) is 17.2 Å². The molecule has 2 aromatic carbocycles. The van der Waals surface area contributed by atoms with Gasteiger partial charge in [-0.15, -0.1) is 0 Å². The zero-order valence-corrected chi connectivity index (χ0v) is 18.2. The number of hydrogen-bond donors (Lipinski definition) is 3. The number of fused-ring (bicyclic) bond motifs is 1. The van der Waals surface area contributed by atoms with E-state index in [0.717, 1.165) is 41.1 Å². The molecule has 4 rings (SSSR count). The Labute approximate surface area is 184 Å². The topological polar surface area (TPSA) is 88.8 Å². The summed E-state index contributed by atoms with van der Waals surface area (Å²) in [5.74, 6) is -0.231. The van der Waals surface area contributed by atoms with Crippen LogP contribution in [0, 0.1) is 11.6 Å². The summed E-state index contributed by atoms with van der Waals surface area (Å²) in [7, 11) is 1.62. The van der Waals surface area contributed by atoms with Gasteiger partial charge in [0.2, 0.25) is 0 Å². The van der Waals surface area contributed by atoms with Gasteiger partial charge in [0.05, 0.1) is 18.5 Å². The third-order valence-corrected chi connectivity index (χ3v) is 5.20. The molecule has 0 bridgehead atoms. The quantitative estimate of drug-likeness (QED) is 0.364. The number of nitrogens with two attached hydrogens (primary N) is 1. The number of benzene rings is 2. The molecule has 0 unspecified atom stereocenters. The van der Waals surface area contributed by atoms with Crippen LogP contribution in [0.3, 0.4) is 0 Å². The molecule has 0 aliphatic heterocycles. The van der Waals surface area contributed by atoms with Crippen molar-refractivity contribution in [3.8, 4) is 17.0 Å². The first-order valence-electron chi connectivity index (χ1n) is 10.3. The van der Waals surface area contributed by atoms with E-state index < -0.39 is 11.6 Å². The minimum atomic E-state index is -0.697. The van der Waals surface area contributed by atoms with Gasteiger partial charge in [-0.1, -0.05) is 6.07 Å². The lowest BCUT2D eigenvalue weighted by molar-refractivity contribution is 0.416. The molecule has 32 heavy (non-hydrogen) atoms. The van der Waals surface area contributed by atoms with Crippen LogP contribution in [0.4, 0.5) is 20.3 Å². The molecule has 0 aliphatic rings. The molecule has 0 fully saturated rings.